The first-order valence-electron chi connectivity index (χ1n) is 6.36. The van der Waals surface area contributed by atoms with Crippen LogP contribution in [0.3, 0.4) is 0 Å². The Morgan fingerprint density at radius 1 is 1.19 bits per heavy atom. The summed E-state index contributed by atoms with van der Waals surface area (Å²) in [5, 5.41) is 0. The summed E-state index contributed by atoms with van der Waals surface area (Å²) in [6, 6.07) is 0. The Morgan fingerprint density at radius 2 is 1.75 bits per heavy atom. The molecule has 0 rings (SSSR count). The van der Waals surface area contributed by atoms with Crippen LogP contribution in [-0.2, 0) is 9.53 Å². The van der Waals surface area contributed by atoms with Gasteiger partial charge in [0.25, 0.3) is 0 Å². The van der Waals surface area contributed by atoms with Crippen LogP contribution in [0.1, 0.15) is 54.4 Å². The Balaban J connectivity index is 3.94. The minimum absolute atomic E-state index is 0.171. The molecule has 0 fully saturated rings. The lowest BCUT2D eigenvalue weighted by Crippen LogP contribution is -2.29. The SMILES string of the molecule is CCBCOC(C)(C)CCC(=O)C(C)(C)C. The van der Waals surface area contributed by atoms with E-state index in [1.807, 2.05) is 20.8 Å². The first kappa shape index (κ1) is 15.7. The van der Waals surface area contributed by atoms with Crippen molar-refractivity contribution in [1.29, 1.82) is 0 Å². The lowest BCUT2D eigenvalue weighted by molar-refractivity contribution is -0.127. The van der Waals surface area contributed by atoms with Crippen molar-refractivity contribution < 1.29 is 9.53 Å². The van der Waals surface area contributed by atoms with E-state index in [4.69, 9.17) is 4.74 Å². The maximum absolute atomic E-state index is 11.8. The van der Waals surface area contributed by atoms with Crippen molar-refractivity contribution in [3.8, 4) is 0 Å². The molecule has 0 aliphatic heterocycles. The first-order valence-corrected chi connectivity index (χ1v) is 6.36. The average Bonchev–Trinajstić information content (AvgIpc) is 2.13. The van der Waals surface area contributed by atoms with Crippen molar-refractivity contribution in [2.24, 2.45) is 5.41 Å². The molecule has 0 spiro atoms. The highest BCUT2D eigenvalue weighted by molar-refractivity contribution is 6.34. The normalized spacial score (nSPS) is 12.6. The molecule has 0 aromatic rings. The number of carbonyl (C=O) groups excluding carboxylic acids is 1. The summed E-state index contributed by atoms with van der Waals surface area (Å²) >= 11 is 0. The van der Waals surface area contributed by atoms with E-state index in [1.54, 1.807) is 0 Å². The number of ether oxygens (including phenoxy) is 1. The molecule has 0 amide bonds. The van der Waals surface area contributed by atoms with E-state index in [0.29, 0.717) is 12.2 Å². The second-order valence-corrected chi connectivity index (χ2v) is 6.13. The number of rotatable bonds is 7. The molecular weight excluding hydrogens is 199 g/mol. The topological polar surface area (TPSA) is 26.3 Å². The van der Waals surface area contributed by atoms with Crippen molar-refractivity contribution in [3.05, 3.63) is 0 Å². The standard InChI is InChI=1S/C13H27BO2/c1-7-14-10-16-13(5,6)9-8-11(15)12(2,3)4/h14H,7-10H2,1-6H3. The van der Waals surface area contributed by atoms with Crippen LogP contribution in [0.25, 0.3) is 0 Å². The second kappa shape index (κ2) is 6.44. The van der Waals surface area contributed by atoms with Crippen LogP contribution in [0.4, 0.5) is 0 Å². The maximum Gasteiger partial charge on any atom is 0.153 e. The molecule has 0 N–H and O–H groups in total. The summed E-state index contributed by atoms with van der Waals surface area (Å²) in [7, 11) is 1.09. The van der Waals surface area contributed by atoms with Gasteiger partial charge in [-0.2, -0.15) is 0 Å². The minimum atomic E-state index is -0.223. The third-order valence-electron chi connectivity index (χ3n) is 2.78. The van der Waals surface area contributed by atoms with Crippen molar-refractivity contribution in [2.75, 3.05) is 6.51 Å². The summed E-state index contributed by atoms with van der Waals surface area (Å²) in [5.41, 5.74) is -0.393. The van der Waals surface area contributed by atoms with Crippen LogP contribution < -0.4 is 0 Å². The second-order valence-electron chi connectivity index (χ2n) is 6.13. The van der Waals surface area contributed by atoms with E-state index in [0.717, 1.165) is 26.5 Å². The van der Waals surface area contributed by atoms with Crippen LogP contribution >= 0.6 is 0 Å². The molecule has 0 unspecified atom stereocenters. The van der Waals surface area contributed by atoms with Crippen molar-refractivity contribution in [1.82, 2.24) is 0 Å². The van der Waals surface area contributed by atoms with E-state index in [2.05, 4.69) is 20.8 Å². The number of Topliss-reactive ketones (excluding diaryl/α,β-unsaturated/α-hetero) is 1. The summed E-state index contributed by atoms with van der Waals surface area (Å²) in [5.74, 6) is 0.319. The van der Waals surface area contributed by atoms with Gasteiger partial charge >= 0.3 is 0 Å². The number of hydrogen-bond donors (Lipinski definition) is 0. The van der Waals surface area contributed by atoms with Gasteiger partial charge in [-0.1, -0.05) is 34.0 Å². The van der Waals surface area contributed by atoms with Gasteiger partial charge in [0.2, 0.25) is 0 Å². The summed E-state index contributed by atoms with van der Waals surface area (Å²) in [6.45, 7) is 13.0. The van der Waals surface area contributed by atoms with Gasteiger partial charge in [-0.05, 0) is 20.3 Å². The highest BCUT2D eigenvalue weighted by Gasteiger charge is 2.25. The molecule has 0 saturated heterocycles. The Labute approximate surface area is 101 Å². The molecule has 0 radical (unpaired) electrons. The number of ketones is 1. The zero-order chi connectivity index (χ0) is 12.8. The lowest BCUT2D eigenvalue weighted by atomic mass is 9.77. The zero-order valence-electron chi connectivity index (χ0n) is 11.9. The van der Waals surface area contributed by atoms with E-state index >= 15 is 0 Å². The van der Waals surface area contributed by atoms with Crippen molar-refractivity contribution in [3.63, 3.8) is 0 Å². The van der Waals surface area contributed by atoms with Crippen LogP contribution in [-0.4, -0.2) is 25.2 Å². The van der Waals surface area contributed by atoms with Crippen LogP contribution in [0, 0.1) is 5.41 Å². The molecule has 3 heteroatoms. The molecule has 16 heavy (non-hydrogen) atoms. The molecule has 0 saturated carbocycles. The molecule has 94 valence electrons. The fourth-order valence-electron chi connectivity index (χ4n) is 1.35. The van der Waals surface area contributed by atoms with Crippen LogP contribution in [0.2, 0.25) is 6.32 Å². The Hall–Kier alpha value is -0.305. The smallest absolute Gasteiger partial charge is 0.153 e. The molecule has 0 aromatic heterocycles. The van der Waals surface area contributed by atoms with Crippen LogP contribution in [0.15, 0.2) is 0 Å². The van der Waals surface area contributed by atoms with Gasteiger partial charge in [-0.25, -0.2) is 0 Å². The van der Waals surface area contributed by atoms with E-state index in [1.165, 1.54) is 0 Å². The molecule has 0 bridgehead atoms. The third-order valence-corrected chi connectivity index (χ3v) is 2.78. The largest absolute Gasteiger partial charge is 0.384 e. The maximum atomic E-state index is 11.8. The minimum Gasteiger partial charge on any atom is -0.384 e. The van der Waals surface area contributed by atoms with Crippen LogP contribution in [0.5, 0.6) is 0 Å². The van der Waals surface area contributed by atoms with E-state index in [-0.39, 0.29) is 11.0 Å². The molecular formula is C13H27BO2. The molecule has 0 atom stereocenters. The van der Waals surface area contributed by atoms with Gasteiger partial charge in [0.15, 0.2) is 7.28 Å². The highest BCUT2D eigenvalue weighted by Crippen LogP contribution is 2.23. The van der Waals surface area contributed by atoms with Crippen molar-refractivity contribution in [2.45, 2.75) is 66.3 Å². The third kappa shape index (κ3) is 7.05. The van der Waals surface area contributed by atoms with Crippen molar-refractivity contribution >= 4 is 13.1 Å². The molecule has 0 heterocycles. The van der Waals surface area contributed by atoms with Gasteiger partial charge < -0.3 is 4.74 Å². The summed E-state index contributed by atoms with van der Waals surface area (Å²) in [6.07, 6.45) is 2.58. The highest BCUT2D eigenvalue weighted by atomic mass is 16.5. The lowest BCUT2D eigenvalue weighted by Gasteiger charge is -2.26. The van der Waals surface area contributed by atoms with E-state index in [9.17, 15) is 4.79 Å². The summed E-state index contributed by atoms with van der Waals surface area (Å²) in [4.78, 5) is 11.8. The average molecular weight is 226 g/mol. The Kier molecular flexibility index (Phi) is 6.31. The predicted molar refractivity (Wildman–Crippen MR) is 71.4 cm³/mol. The Morgan fingerprint density at radius 3 is 2.19 bits per heavy atom. The van der Waals surface area contributed by atoms with Gasteiger partial charge in [0, 0.05) is 18.3 Å². The van der Waals surface area contributed by atoms with Gasteiger partial charge in [0.1, 0.15) is 5.78 Å². The zero-order valence-corrected chi connectivity index (χ0v) is 11.9. The summed E-state index contributed by atoms with van der Waals surface area (Å²) < 4.78 is 5.78. The fourth-order valence-corrected chi connectivity index (χ4v) is 1.35. The quantitative estimate of drug-likeness (QED) is 0.492. The number of hydrogen-bond acceptors (Lipinski definition) is 2. The number of carbonyl (C=O) groups is 1. The monoisotopic (exact) mass is 226 g/mol. The van der Waals surface area contributed by atoms with E-state index < -0.39 is 0 Å². The van der Waals surface area contributed by atoms with Gasteiger partial charge in [0.05, 0.1) is 5.60 Å². The molecule has 0 aromatic carbocycles. The molecule has 2 nitrogen and oxygen atoms in total. The van der Waals surface area contributed by atoms with Gasteiger partial charge in [-0.15, -0.1) is 0 Å². The first-order chi connectivity index (χ1) is 7.19. The molecule has 0 aliphatic carbocycles. The Bertz CT molecular complexity index is 216. The predicted octanol–water partition coefficient (Wildman–Crippen LogP) is 3.01. The fraction of sp³-hybridized carbons (Fsp3) is 0.923. The molecule has 0 aliphatic rings. The van der Waals surface area contributed by atoms with Gasteiger partial charge in [-0.3, -0.25) is 4.79 Å².